The monoisotopic (exact) mass is 387 g/mol. The molecule has 0 bridgehead atoms. The summed E-state index contributed by atoms with van der Waals surface area (Å²) in [5.41, 5.74) is 3.95. The molecule has 144 valence electrons. The first-order chi connectivity index (χ1) is 13.3. The number of thiophene rings is 1. The summed E-state index contributed by atoms with van der Waals surface area (Å²) in [7, 11) is 0. The number of hydrogen-bond acceptors (Lipinski definition) is 9. The summed E-state index contributed by atoms with van der Waals surface area (Å²) in [6, 6.07) is 4.07. The van der Waals surface area contributed by atoms with Gasteiger partial charge >= 0.3 is 0 Å². The van der Waals surface area contributed by atoms with E-state index in [0.717, 1.165) is 42.7 Å². The highest BCUT2D eigenvalue weighted by Crippen LogP contribution is 2.21. The zero-order valence-electron chi connectivity index (χ0n) is 15.6. The smallest absolute Gasteiger partial charge is 0.250 e. The third-order valence-corrected chi connectivity index (χ3v) is 5.72. The molecule has 27 heavy (non-hydrogen) atoms. The Balaban J connectivity index is 1.59. The van der Waals surface area contributed by atoms with E-state index in [9.17, 15) is 0 Å². The SMILES string of the molecule is C/C(=N\Nc1nc(N2CCCCC2)nc(N2CCOCC2)n1)c1cccs1. The molecule has 2 aliphatic rings. The van der Waals surface area contributed by atoms with Gasteiger partial charge in [0.1, 0.15) is 0 Å². The number of ether oxygens (including phenoxy) is 1. The molecule has 2 saturated heterocycles. The number of nitrogens with one attached hydrogen (secondary N) is 1. The second-order valence-electron chi connectivity index (χ2n) is 6.69. The fourth-order valence-corrected chi connectivity index (χ4v) is 3.89. The van der Waals surface area contributed by atoms with Gasteiger partial charge in [-0.2, -0.15) is 20.1 Å². The van der Waals surface area contributed by atoms with Crippen LogP contribution in [0.4, 0.5) is 17.8 Å². The number of piperidine rings is 1. The van der Waals surface area contributed by atoms with Gasteiger partial charge in [0.05, 0.1) is 18.9 Å². The largest absolute Gasteiger partial charge is 0.378 e. The van der Waals surface area contributed by atoms with Crippen molar-refractivity contribution < 1.29 is 4.74 Å². The predicted octanol–water partition coefficient (Wildman–Crippen LogP) is 2.60. The Morgan fingerprint density at radius 1 is 1.04 bits per heavy atom. The van der Waals surface area contributed by atoms with Gasteiger partial charge in [0.15, 0.2) is 0 Å². The molecule has 0 aliphatic carbocycles. The van der Waals surface area contributed by atoms with Crippen LogP contribution in [0.1, 0.15) is 31.1 Å². The molecular weight excluding hydrogens is 362 g/mol. The Morgan fingerprint density at radius 3 is 2.41 bits per heavy atom. The van der Waals surface area contributed by atoms with E-state index in [1.54, 1.807) is 11.3 Å². The molecule has 0 atom stereocenters. The minimum atomic E-state index is 0.489. The van der Waals surface area contributed by atoms with Gasteiger partial charge in [0, 0.05) is 31.1 Å². The second-order valence-corrected chi connectivity index (χ2v) is 7.64. The molecule has 2 aromatic rings. The lowest BCUT2D eigenvalue weighted by Gasteiger charge is -2.30. The number of rotatable bonds is 5. The maximum atomic E-state index is 5.46. The van der Waals surface area contributed by atoms with Gasteiger partial charge in [0.25, 0.3) is 0 Å². The summed E-state index contributed by atoms with van der Waals surface area (Å²) in [4.78, 5) is 19.5. The molecule has 9 heteroatoms. The fraction of sp³-hybridized carbons (Fsp3) is 0.556. The van der Waals surface area contributed by atoms with Gasteiger partial charge in [0.2, 0.25) is 17.8 Å². The minimum Gasteiger partial charge on any atom is -0.378 e. The Bertz CT molecular complexity index is 732. The van der Waals surface area contributed by atoms with Crippen LogP contribution in [0.15, 0.2) is 22.6 Å². The summed E-state index contributed by atoms with van der Waals surface area (Å²) in [5.74, 6) is 1.92. The lowest BCUT2D eigenvalue weighted by atomic mass is 10.1. The van der Waals surface area contributed by atoms with Crippen molar-refractivity contribution >= 4 is 34.9 Å². The van der Waals surface area contributed by atoms with Crippen molar-refractivity contribution in [3.63, 3.8) is 0 Å². The highest BCUT2D eigenvalue weighted by Gasteiger charge is 2.20. The average Bonchev–Trinajstić information content (AvgIpc) is 3.28. The first-order valence-electron chi connectivity index (χ1n) is 9.47. The average molecular weight is 388 g/mol. The normalized spacial score (nSPS) is 18.6. The van der Waals surface area contributed by atoms with Gasteiger partial charge in [-0.25, -0.2) is 5.43 Å². The number of hydrazone groups is 1. The summed E-state index contributed by atoms with van der Waals surface area (Å²) < 4.78 is 5.46. The van der Waals surface area contributed by atoms with Crippen LogP contribution in [0, 0.1) is 0 Å². The zero-order valence-corrected chi connectivity index (χ0v) is 16.4. The molecule has 0 amide bonds. The summed E-state index contributed by atoms with van der Waals surface area (Å²) in [6.07, 6.45) is 3.63. The molecule has 2 fully saturated rings. The van der Waals surface area contributed by atoms with E-state index in [2.05, 4.69) is 36.4 Å². The molecule has 0 radical (unpaired) electrons. The van der Waals surface area contributed by atoms with Crippen LogP contribution in [-0.2, 0) is 4.74 Å². The Kier molecular flexibility index (Phi) is 5.78. The van der Waals surface area contributed by atoms with E-state index >= 15 is 0 Å². The van der Waals surface area contributed by atoms with E-state index in [1.165, 1.54) is 19.3 Å². The van der Waals surface area contributed by atoms with Crippen LogP contribution < -0.4 is 15.2 Å². The van der Waals surface area contributed by atoms with E-state index in [1.807, 2.05) is 18.4 Å². The van der Waals surface area contributed by atoms with Crippen molar-refractivity contribution in [1.82, 2.24) is 15.0 Å². The van der Waals surface area contributed by atoms with Crippen molar-refractivity contribution in [2.24, 2.45) is 5.10 Å². The second kappa shape index (κ2) is 8.62. The van der Waals surface area contributed by atoms with E-state index in [0.29, 0.717) is 25.1 Å². The lowest BCUT2D eigenvalue weighted by molar-refractivity contribution is 0.122. The van der Waals surface area contributed by atoms with E-state index < -0.39 is 0 Å². The summed E-state index contributed by atoms with van der Waals surface area (Å²) in [6.45, 7) is 6.94. The van der Waals surface area contributed by atoms with Gasteiger partial charge in [-0.1, -0.05) is 6.07 Å². The standard InChI is InChI=1S/C18H25N7OS/c1-14(15-6-5-13-27-15)22-23-16-19-17(24-7-3-2-4-8-24)21-18(20-16)25-9-11-26-12-10-25/h5-6,13H,2-4,7-12H2,1H3,(H,19,20,21,23)/b22-14+. The molecular formula is C18H25N7OS. The Morgan fingerprint density at radius 2 is 1.74 bits per heavy atom. The molecule has 2 aromatic heterocycles. The molecule has 4 heterocycles. The highest BCUT2D eigenvalue weighted by atomic mass is 32.1. The fourth-order valence-electron chi connectivity index (χ4n) is 3.22. The summed E-state index contributed by atoms with van der Waals surface area (Å²) >= 11 is 1.66. The number of morpholine rings is 1. The molecule has 0 spiro atoms. The Labute approximate surface area is 163 Å². The van der Waals surface area contributed by atoms with Gasteiger partial charge < -0.3 is 14.5 Å². The lowest BCUT2D eigenvalue weighted by Crippen LogP contribution is -2.38. The molecule has 0 saturated carbocycles. The third-order valence-electron chi connectivity index (χ3n) is 4.75. The maximum Gasteiger partial charge on any atom is 0.250 e. The van der Waals surface area contributed by atoms with Crippen LogP contribution in [0.2, 0.25) is 0 Å². The van der Waals surface area contributed by atoms with Gasteiger partial charge in [-0.15, -0.1) is 11.3 Å². The highest BCUT2D eigenvalue weighted by molar-refractivity contribution is 7.12. The predicted molar refractivity (Wildman–Crippen MR) is 109 cm³/mol. The van der Waals surface area contributed by atoms with Gasteiger partial charge in [-0.3, -0.25) is 0 Å². The van der Waals surface area contributed by atoms with Crippen molar-refractivity contribution in [3.8, 4) is 0 Å². The Hall–Kier alpha value is -2.26. The first kappa shape index (κ1) is 18.1. The molecule has 8 nitrogen and oxygen atoms in total. The molecule has 4 rings (SSSR count). The number of anilines is 3. The van der Waals surface area contributed by atoms with Crippen molar-refractivity contribution in [1.29, 1.82) is 0 Å². The zero-order chi connectivity index (χ0) is 18.5. The third kappa shape index (κ3) is 4.54. The quantitative estimate of drug-likeness (QED) is 0.624. The maximum absolute atomic E-state index is 5.46. The molecule has 0 unspecified atom stereocenters. The van der Waals surface area contributed by atoms with E-state index in [-0.39, 0.29) is 0 Å². The van der Waals surface area contributed by atoms with Crippen LogP contribution in [0.3, 0.4) is 0 Å². The van der Waals surface area contributed by atoms with Crippen molar-refractivity contribution in [2.75, 3.05) is 54.6 Å². The molecule has 2 aliphatic heterocycles. The minimum absolute atomic E-state index is 0.489. The van der Waals surface area contributed by atoms with Crippen molar-refractivity contribution in [2.45, 2.75) is 26.2 Å². The van der Waals surface area contributed by atoms with Crippen molar-refractivity contribution in [3.05, 3.63) is 22.4 Å². The van der Waals surface area contributed by atoms with Crippen LogP contribution >= 0.6 is 11.3 Å². The van der Waals surface area contributed by atoms with E-state index in [4.69, 9.17) is 9.72 Å². The summed E-state index contributed by atoms with van der Waals surface area (Å²) in [5, 5.41) is 6.52. The molecule has 0 aromatic carbocycles. The van der Waals surface area contributed by atoms with Gasteiger partial charge in [-0.05, 0) is 37.6 Å². The first-order valence-corrected chi connectivity index (χ1v) is 10.4. The number of aromatic nitrogens is 3. The van der Waals surface area contributed by atoms with Crippen LogP contribution in [0.5, 0.6) is 0 Å². The van der Waals surface area contributed by atoms with Crippen LogP contribution in [0.25, 0.3) is 0 Å². The number of nitrogens with zero attached hydrogens (tertiary/aromatic N) is 6. The molecule has 1 N–H and O–H groups in total. The topological polar surface area (TPSA) is 78.8 Å². The number of hydrogen-bond donors (Lipinski definition) is 1. The van der Waals surface area contributed by atoms with Crippen LogP contribution in [-0.4, -0.2) is 60.1 Å².